The summed E-state index contributed by atoms with van der Waals surface area (Å²) in [7, 11) is 0. The maximum absolute atomic E-state index is 13.0. The molecular formula is C26H17BrCl3NO5S. The third kappa shape index (κ3) is 6.33. The number of benzene rings is 3. The molecule has 2 amide bonds. The van der Waals surface area contributed by atoms with Gasteiger partial charge in [0, 0.05) is 0 Å². The Kier molecular flexibility index (Phi) is 8.87. The van der Waals surface area contributed by atoms with Crippen LogP contribution in [-0.4, -0.2) is 28.6 Å². The number of nitrogens with zero attached hydrogens (tertiary/aromatic N) is 1. The van der Waals surface area contributed by atoms with E-state index in [4.69, 9.17) is 44.3 Å². The van der Waals surface area contributed by atoms with Gasteiger partial charge in [0.15, 0.2) is 11.5 Å². The molecule has 0 aliphatic carbocycles. The van der Waals surface area contributed by atoms with E-state index >= 15 is 0 Å². The number of ether oxygens (including phenoxy) is 2. The van der Waals surface area contributed by atoms with E-state index < -0.39 is 17.1 Å². The first-order valence-electron chi connectivity index (χ1n) is 10.8. The van der Waals surface area contributed by atoms with Gasteiger partial charge in [0.25, 0.3) is 11.1 Å². The molecule has 11 heteroatoms. The molecule has 1 heterocycles. The summed E-state index contributed by atoms with van der Waals surface area (Å²) >= 11 is 22.4. The zero-order valence-corrected chi connectivity index (χ0v) is 23.8. The van der Waals surface area contributed by atoms with Gasteiger partial charge in [0.05, 0.1) is 43.2 Å². The van der Waals surface area contributed by atoms with Crippen molar-refractivity contribution < 1.29 is 23.9 Å². The van der Waals surface area contributed by atoms with E-state index in [0.717, 1.165) is 16.7 Å². The van der Waals surface area contributed by atoms with E-state index in [0.29, 0.717) is 32.3 Å². The van der Waals surface area contributed by atoms with Crippen LogP contribution >= 0.6 is 62.5 Å². The summed E-state index contributed by atoms with van der Waals surface area (Å²) in [6.45, 7) is 2.14. The van der Waals surface area contributed by atoms with Gasteiger partial charge in [-0.15, -0.1) is 0 Å². The minimum absolute atomic E-state index is 0.0592. The Morgan fingerprint density at radius 1 is 1.03 bits per heavy atom. The van der Waals surface area contributed by atoms with Crippen LogP contribution in [-0.2, 0) is 11.3 Å². The number of halogens is 4. The smallest absolute Gasteiger partial charge is 0.345 e. The molecule has 3 aromatic rings. The molecule has 0 atom stereocenters. The summed E-state index contributed by atoms with van der Waals surface area (Å²) in [5, 5.41) is 0.577. The van der Waals surface area contributed by atoms with Gasteiger partial charge in [-0.2, -0.15) is 0 Å². The number of amides is 2. The lowest BCUT2D eigenvalue weighted by atomic mass is 10.1. The second-order valence-electron chi connectivity index (χ2n) is 7.65. The lowest BCUT2D eigenvalue weighted by molar-refractivity contribution is -0.123. The average molecular weight is 642 g/mol. The fraction of sp³-hybridized carbons (Fsp3) is 0.115. The van der Waals surface area contributed by atoms with Crippen LogP contribution in [0.2, 0.25) is 15.1 Å². The third-order valence-corrected chi connectivity index (χ3v) is 7.68. The highest BCUT2D eigenvalue weighted by Crippen LogP contribution is 2.40. The average Bonchev–Trinajstić information content (AvgIpc) is 3.11. The highest BCUT2D eigenvalue weighted by Gasteiger charge is 2.35. The van der Waals surface area contributed by atoms with Crippen molar-refractivity contribution in [2.24, 2.45) is 0 Å². The first-order valence-corrected chi connectivity index (χ1v) is 13.5. The Labute approximate surface area is 240 Å². The highest BCUT2D eigenvalue weighted by atomic mass is 79.9. The fourth-order valence-electron chi connectivity index (χ4n) is 3.42. The zero-order valence-electron chi connectivity index (χ0n) is 19.1. The molecule has 0 spiro atoms. The summed E-state index contributed by atoms with van der Waals surface area (Å²) in [5.41, 5.74) is 1.44. The van der Waals surface area contributed by atoms with Gasteiger partial charge in [-0.3, -0.25) is 14.5 Å². The normalized spacial score (nSPS) is 14.4. The molecule has 37 heavy (non-hydrogen) atoms. The largest absolute Gasteiger partial charge is 0.490 e. The zero-order chi connectivity index (χ0) is 26.7. The molecule has 0 saturated carbocycles. The van der Waals surface area contributed by atoms with Crippen molar-refractivity contribution in [1.82, 2.24) is 4.90 Å². The van der Waals surface area contributed by atoms with Crippen LogP contribution in [0.3, 0.4) is 0 Å². The molecule has 1 fully saturated rings. The van der Waals surface area contributed by atoms with Gasteiger partial charge < -0.3 is 9.47 Å². The van der Waals surface area contributed by atoms with Crippen LogP contribution in [0.5, 0.6) is 11.5 Å². The lowest BCUT2D eigenvalue weighted by Gasteiger charge is -2.14. The van der Waals surface area contributed by atoms with E-state index in [2.05, 4.69) is 15.9 Å². The molecule has 3 aromatic carbocycles. The van der Waals surface area contributed by atoms with Crippen molar-refractivity contribution in [1.29, 1.82) is 0 Å². The lowest BCUT2D eigenvalue weighted by Crippen LogP contribution is -2.27. The molecule has 0 unspecified atom stereocenters. The summed E-state index contributed by atoms with van der Waals surface area (Å²) in [5.74, 6) is -0.650. The number of hydrogen-bond donors (Lipinski definition) is 0. The van der Waals surface area contributed by atoms with Gasteiger partial charge in [0.2, 0.25) is 0 Å². The Hall–Kier alpha value is -2.49. The molecule has 1 aliphatic rings. The minimum atomic E-state index is -0.650. The Morgan fingerprint density at radius 2 is 1.78 bits per heavy atom. The minimum Gasteiger partial charge on any atom is -0.490 e. The summed E-state index contributed by atoms with van der Waals surface area (Å²) < 4.78 is 11.7. The topological polar surface area (TPSA) is 72.9 Å². The van der Waals surface area contributed by atoms with Gasteiger partial charge in [0.1, 0.15) is 0 Å². The Balaban J connectivity index is 1.59. The van der Waals surface area contributed by atoms with E-state index in [1.807, 2.05) is 0 Å². The first kappa shape index (κ1) is 27.5. The van der Waals surface area contributed by atoms with Gasteiger partial charge in [-0.25, -0.2) is 4.79 Å². The number of carbonyl (C=O) groups excluding carboxylic acids is 3. The molecule has 1 aliphatic heterocycles. The van der Waals surface area contributed by atoms with Crippen molar-refractivity contribution in [3.05, 3.63) is 95.7 Å². The molecule has 0 aromatic heterocycles. The van der Waals surface area contributed by atoms with Crippen molar-refractivity contribution in [3.63, 3.8) is 0 Å². The van der Waals surface area contributed by atoms with Crippen LogP contribution in [0, 0.1) is 0 Å². The molecule has 1 saturated heterocycles. The summed E-state index contributed by atoms with van der Waals surface area (Å²) in [6, 6.07) is 14.7. The number of rotatable bonds is 7. The number of carbonyl (C=O) groups is 3. The van der Waals surface area contributed by atoms with Gasteiger partial charge in [-0.1, -0.05) is 53.0 Å². The summed E-state index contributed by atoms with van der Waals surface area (Å²) in [6.07, 6.45) is 1.58. The summed E-state index contributed by atoms with van der Waals surface area (Å²) in [4.78, 5) is 39.7. The molecule has 0 radical (unpaired) electrons. The molecule has 0 N–H and O–H groups in total. The molecule has 0 bridgehead atoms. The predicted molar refractivity (Wildman–Crippen MR) is 150 cm³/mol. The van der Waals surface area contributed by atoms with Crippen LogP contribution in [0.15, 0.2) is 64.0 Å². The van der Waals surface area contributed by atoms with Crippen molar-refractivity contribution in [2.75, 3.05) is 6.61 Å². The van der Waals surface area contributed by atoms with E-state index in [1.165, 1.54) is 0 Å². The first-order chi connectivity index (χ1) is 17.7. The Bertz CT molecular complexity index is 1450. The van der Waals surface area contributed by atoms with Crippen molar-refractivity contribution >= 4 is 85.7 Å². The molecular weight excluding hydrogens is 625 g/mol. The van der Waals surface area contributed by atoms with Crippen LogP contribution < -0.4 is 9.47 Å². The second kappa shape index (κ2) is 11.9. The van der Waals surface area contributed by atoms with Gasteiger partial charge >= 0.3 is 5.97 Å². The van der Waals surface area contributed by atoms with Crippen LogP contribution in [0.25, 0.3) is 6.08 Å². The van der Waals surface area contributed by atoms with E-state index in [9.17, 15) is 14.4 Å². The Morgan fingerprint density at radius 3 is 2.49 bits per heavy atom. The second-order valence-corrected chi connectivity index (χ2v) is 10.7. The number of esters is 1. The molecule has 6 nitrogen and oxygen atoms in total. The SMILES string of the molecule is CCOc1cc(/C=C2\SC(=O)N(Cc3ccc(Cl)c(Cl)c3)C2=O)cc(Br)c1OC(=O)c1ccccc1Cl. The molecule has 4 rings (SSSR count). The number of thioether (sulfide) groups is 1. The van der Waals surface area contributed by atoms with Crippen LogP contribution in [0.4, 0.5) is 4.79 Å². The fourth-order valence-corrected chi connectivity index (χ4v) is 5.33. The quantitative estimate of drug-likeness (QED) is 0.147. The van der Waals surface area contributed by atoms with Crippen molar-refractivity contribution in [2.45, 2.75) is 13.5 Å². The maximum Gasteiger partial charge on any atom is 0.345 e. The number of imide groups is 1. The predicted octanol–water partition coefficient (Wildman–Crippen LogP) is 8.26. The van der Waals surface area contributed by atoms with Crippen molar-refractivity contribution in [3.8, 4) is 11.5 Å². The third-order valence-electron chi connectivity index (χ3n) is 5.12. The monoisotopic (exact) mass is 639 g/mol. The number of hydrogen-bond acceptors (Lipinski definition) is 6. The van der Waals surface area contributed by atoms with Gasteiger partial charge in [-0.05, 0) is 88.2 Å². The van der Waals surface area contributed by atoms with E-state index in [-0.39, 0.29) is 33.5 Å². The maximum atomic E-state index is 13.0. The van der Waals surface area contributed by atoms with E-state index in [1.54, 1.807) is 67.6 Å². The van der Waals surface area contributed by atoms with Crippen LogP contribution in [0.1, 0.15) is 28.4 Å². The molecule has 190 valence electrons. The highest BCUT2D eigenvalue weighted by molar-refractivity contribution is 9.10. The standard InChI is InChI=1S/C26H17BrCl3NO5S/c1-2-35-21-11-15(9-17(27)23(21)36-25(33)16-5-3-4-6-18(16)28)12-22-24(32)31(26(34)37-22)13-14-7-8-19(29)20(30)10-14/h3-12H,2,13H2,1H3/b22-12-.